The molecule has 17 heavy (non-hydrogen) atoms. The zero-order valence-electron chi connectivity index (χ0n) is 9.15. The predicted octanol–water partition coefficient (Wildman–Crippen LogP) is 2.09. The second kappa shape index (κ2) is 4.40. The molecule has 0 atom stereocenters. The molecule has 1 aromatic carbocycles. The number of nitrogens with zero attached hydrogens (tertiary/aromatic N) is 2. The van der Waals surface area contributed by atoms with Crippen molar-refractivity contribution in [3.63, 3.8) is 0 Å². The van der Waals surface area contributed by atoms with Gasteiger partial charge in [0.05, 0.1) is 0 Å². The van der Waals surface area contributed by atoms with Gasteiger partial charge in [-0.1, -0.05) is 0 Å². The fourth-order valence-electron chi connectivity index (χ4n) is 1.37. The van der Waals surface area contributed by atoms with E-state index in [-0.39, 0.29) is 12.5 Å². The summed E-state index contributed by atoms with van der Waals surface area (Å²) >= 11 is 0. The fraction of sp³-hybridized carbons (Fsp3) is 0.182. The van der Waals surface area contributed by atoms with Crippen LogP contribution in [0.2, 0.25) is 0 Å². The molecule has 0 spiro atoms. The summed E-state index contributed by atoms with van der Waals surface area (Å²) < 4.78 is 32.3. The molecular formula is C11H11F2N3O. The van der Waals surface area contributed by atoms with Gasteiger partial charge in [-0.25, -0.2) is 13.5 Å². The first-order valence-electron chi connectivity index (χ1n) is 4.94. The van der Waals surface area contributed by atoms with Crippen LogP contribution in [0.15, 0.2) is 24.3 Å². The quantitative estimate of drug-likeness (QED) is 0.892. The van der Waals surface area contributed by atoms with E-state index >= 15 is 0 Å². The molecule has 1 heterocycles. The lowest BCUT2D eigenvalue weighted by atomic mass is 10.3. The molecule has 1 aromatic heterocycles. The summed E-state index contributed by atoms with van der Waals surface area (Å²) in [7, 11) is 0. The van der Waals surface area contributed by atoms with Gasteiger partial charge in [-0.2, -0.15) is 5.10 Å². The number of hydrogen-bond donors (Lipinski definition) is 1. The van der Waals surface area contributed by atoms with Gasteiger partial charge in [0.2, 0.25) is 0 Å². The van der Waals surface area contributed by atoms with E-state index < -0.39 is 11.6 Å². The molecule has 2 rings (SSSR count). The molecule has 0 amide bonds. The summed E-state index contributed by atoms with van der Waals surface area (Å²) in [6.45, 7) is 1.91. The third-order valence-electron chi connectivity index (χ3n) is 2.24. The van der Waals surface area contributed by atoms with E-state index in [1.807, 2.05) is 6.92 Å². The van der Waals surface area contributed by atoms with Crippen molar-refractivity contribution in [2.24, 2.45) is 0 Å². The van der Waals surface area contributed by atoms with Gasteiger partial charge in [0.1, 0.15) is 11.6 Å². The highest BCUT2D eigenvalue weighted by molar-refractivity contribution is 5.28. The second-order valence-corrected chi connectivity index (χ2v) is 3.56. The molecule has 0 saturated heterocycles. The van der Waals surface area contributed by atoms with Gasteiger partial charge >= 0.3 is 0 Å². The Balaban J connectivity index is 2.07. The van der Waals surface area contributed by atoms with Crippen molar-refractivity contribution in [1.29, 1.82) is 0 Å². The SMILES string of the molecule is Cc1cc(N)nn1COc1ccc(F)c(F)c1. The molecular weight excluding hydrogens is 228 g/mol. The maximum absolute atomic E-state index is 12.9. The molecule has 90 valence electrons. The highest BCUT2D eigenvalue weighted by Crippen LogP contribution is 2.16. The van der Waals surface area contributed by atoms with Crippen molar-refractivity contribution in [2.75, 3.05) is 5.73 Å². The minimum atomic E-state index is -0.945. The zero-order chi connectivity index (χ0) is 12.4. The Labute approximate surface area is 96.6 Å². The first-order valence-corrected chi connectivity index (χ1v) is 4.94. The maximum Gasteiger partial charge on any atom is 0.181 e. The molecule has 6 heteroatoms. The Kier molecular flexibility index (Phi) is 2.95. The third-order valence-corrected chi connectivity index (χ3v) is 2.24. The number of nitrogens with two attached hydrogens (primary N) is 1. The molecule has 4 nitrogen and oxygen atoms in total. The normalized spacial score (nSPS) is 10.5. The molecule has 0 bridgehead atoms. The number of halogens is 2. The molecule has 0 unspecified atom stereocenters. The van der Waals surface area contributed by atoms with Crippen LogP contribution in [0.3, 0.4) is 0 Å². The number of aryl methyl sites for hydroxylation is 1. The highest BCUT2D eigenvalue weighted by Gasteiger charge is 2.05. The fourth-order valence-corrected chi connectivity index (χ4v) is 1.37. The Morgan fingerprint density at radius 3 is 2.65 bits per heavy atom. The molecule has 2 aromatic rings. The van der Waals surface area contributed by atoms with Crippen molar-refractivity contribution in [2.45, 2.75) is 13.7 Å². The van der Waals surface area contributed by atoms with Gasteiger partial charge in [0, 0.05) is 17.8 Å². The van der Waals surface area contributed by atoms with Crippen molar-refractivity contribution < 1.29 is 13.5 Å². The maximum atomic E-state index is 12.9. The van der Waals surface area contributed by atoms with Crippen LogP contribution in [0.4, 0.5) is 14.6 Å². The van der Waals surface area contributed by atoms with Crippen molar-refractivity contribution >= 4 is 5.82 Å². The Morgan fingerprint density at radius 2 is 2.06 bits per heavy atom. The molecule has 0 aliphatic heterocycles. The van der Waals surface area contributed by atoms with E-state index in [2.05, 4.69) is 5.10 Å². The third kappa shape index (κ3) is 2.52. The standard InChI is InChI=1S/C11H11F2N3O/c1-7-4-11(14)15-16(7)6-17-8-2-3-9(12)10(13)5-8/h2-5H,6H2,1H3,(H2,14,15). The van der Waals surface area contributed by atoms with Crippen molar-refractivity contribution in [3.05, 3.63) is 41.6 Å². The number of hydrogen-bond acceptors (Lipinski definition) is 3. The average Bonchev–Trinajstić information content (AvgIpc) is 2.59. The molecule has 0 saturated carbocycles. The molecule has 0 fully saturated rings. The van der Waals surface area contributed by atoms with Crippen LogP contribution in [0.25, 0.3) is 0 Å². The minimum Gasteiger partial charge on any atom is -0.471 e. The number of benzene rings is 1. The summed E-state index contributed by atoms with van der Waals surface area (Å²) in [6.07, 6.45) is 0. The summed E-state index contributed by atoms with van der Waals surface area (Å²) in [4.78, 5) is 0. The van der Waals surface area contributed by atoms with Gasteiger partial charge in [-0.05, 0) is 19.1 Å². The number of nitrogen functional groups attached to an aromatic ring is 1. The van der Waals surface area contributed by atoms with Crippen LogP contribution >= 0.6 is 0 Å². The summed E-state index contributed by atoms with van der Waals surface area (Å²) in [5, 5.41) is 3.97. The van der Waals surface area contributed by atoms with Gasteiger partial charge < -0.3 is 10.5 Å². The van der Waals surface area contributed by atoms with Crippen LogP contribution in [0.1, 0.15) is 5.69 Å². The molecule has 0 aliphatic carbocycles. The van der Waals surface area contributed by atoms with Crippen molar-refractivity contribution in [3.8, 4) is 5.75 Å². The van der Waals surface area contributed by atoms with Gasteiger partial charge in [-0.3, -0.25) is 0 Å². The van der Waals surface area contributed by atoms with E-state index in [0.717, 1.165) is 17.8 Å². The summed E-state index contributed by atoms with van der Waals surface area (Å²) in [5.41, 5.74) is 6.32. The number of rotatable bonds is 3. The largest absolute Gasteiger partial charge is 0.471 e. The second-order valence-electron chi connectivity index (χ2n) is 3.56. The molecule has 2 N–H and O–H groups in total. The Hall–Kier alpha value is -2.11. The number of aromatic nitrogens is 2. The first-order chi connectivity index (χ1) is 8.06. The van der Waals surface area contributed by atoms with Crippen LogP contribution < -0.4 is 10.5 Å². The average molecular weight is 239 g/mol. The van der Waals surface area contributed by atoms with Gasteiger partial charge in [-0.15, -0.1) is 0 Å². The minimum absolute atomic E-state index is 0.0914. The van der Waals surface area contributed by atoms with Crippen molar-refractivity contribution in [1.82, 2.24) is 9.78 Å². The zero-order valence-corrected chi connectivity index (χ0v) is 9.15. The lowest BCUT2D eigenvalue weighted by Gasteiger charge is -2.07. The van der Waals surface area contributed by atoms with Crippen LogP contribution in [0, 0.1) is 18.6 Å². The van der Waals surface area contributed by atoms with Gasteiger partial charge in [0.25, 0.3) is 0 Å². The summed E-state index contributed by atoms with van der Waals surface area (Å²) in [6, 6.07) is 5.03. The lowest BCUT2D eigenvalue weighted by molar-refractivity contribution is 0.217. The van der Waals surface area contributed by atoms with E-state index in [0.29, 0.717) is 5.82 Å². The first kappa shape index (κ1) is 11.4. The van der Waals surface area contributed by atoms with E-state index in [9.17, 15) is 8.78 Å². The van der Waals surface area contributed by atoms with E-state index in [1.54, 1.807) is 6.07 Å². The van der Waals surface area contributed by atoms with Crippen LogP contribution in [-0.4, -0.2) is 9.78 Å². The van der Waals surface area contributed by atoms with E-state index in [4.69, 9.17) is 10.5 Å². The Morgan fingerprint density at radius 1 is 1.29 bits per heavy atom. The predicted molar refractivity (Wildman–Crippen MR) is 58.4 cm³/mol. The smallest absolute Gasteiger partial charge is 0.181 e. The lowest BCUT2D eigenvalue weighted by Crippen LogP contribution is -2.09. The van der Waals surface area contributed by atoms with Crippen LogP contribution in [-0.2, 0) is 6.73 Å². The van der Waals surface area contributed by atoms with Gasteiger partial charge in [0.15, 0.2) is 18.4 Å². The molecule has 0 radical (unpaired) electrons. The molecule has 0 aliphatic rings. The summed E-state index contributed by atoms with van der Waals surface area (Å²) in [5.74, 6) is -1.23. The number of ether oxygens (including phenoxy) is 1. The highest BCUT2D eigenvalue weighted by atomic mass is 19.2. The van der Waals surface area contributed by atoms with E-state index in [1.165, 1.54) is 10.7 Å². The monoisotopic (exact) mass is 239 g/mol. The van der Waals surface area contributed by atoms with Crippen LogP contribution in [0.5, 0.6) is 5.75 Å². The topological polar surface area (TPSA) is 53.1 Å². The Bertz CT molecular complexity index is 540. The number of anilines is 1.